The minimum absolute atomic E-state index is 0.0182. The van der Waals surface area contributed by atoms with Gasteiger partial charge in [-0.05, 0) is 31.2 Å². The Hall–Kier alpha value is -1.92. The molecule has 0 radical (unpaired) electrons. The van der Waals surface area contributed by atoms with Gasteiger partial charge in [0.2, 0.25) is 0 Å². The van der Waals surface area contributed by atoms with Crippen LogP contribution in [0.5, 0.6) is 5.75 Å². The molecular weight excluding hydrogens is 288 g/mol. The van der Waals surface area contributed by atoms with Crippen molar-refractivity contribution in [2.75, 3.05) is 20.2 Å². The molecular formula is C15H18N2O3S. The molecule has 1 aromatic heterocycles. The highest BCUT2D eigenvalue weighted by Crippen LogP contribution is 2.28. The molecule has 1 aromatic carbocycles. The zero-order chi connectivity index (χ0) is 15.2. The molecule has 21 heavy (non-hydrogen) atoms. The summed E-state index contributed by atoms with van der Waals surface area (Å²) in [5.41, 5.74) is 2.05. The molecule has 112 valence electrons. The SMILES string of the molecule is COc1ccc(-c2nc(CCNCC(=O)O)sc2C)cc1. The van der Waals surface area contributed by atoms with Crippen molar-refractivity contribution in [3.63, 3.8) is 0 Å². The summed E-state index contributed by atoms with van der Waals surface area (Å²) in [7, 11) is 1.64. The number of aryl methyl sites for hydroxylation is 1. The standard InChI is InChI=1S/C15H18N2O3S/c1-10-15(11-3-5-12(20-2)6-4-11)17-13(21-10)7-8-16-9-14(18)19/h3-6,16H,7-9H2,1-2H3,(H,18,19). The van der Waals surface area contributed by atoms with Crippen LogP contribution in [0.3, 0.4) is 0 Å². The van der Waals surface area contributed by atoms with Gasteiger partial charge in [0.15, 0.2) is 0 Å². The van der Waals surface area contributed by atoms with Crippen LogP contribution in [0.15, 0.2) is 24.3 Å². The van der Waals surface area contributed by atoms with Crippen molar-refractivity contribution in [1.82, 2.24) is 10.3 Å². The van der Waals surface area contributed by atoms with E-state index in [9.17, 15) is 4.79 Å². The van der Waals surface area contributed by atoms with Crippen LogP contribution < -0.4 is 10.1 Å². The van der Waals surface area contributed by atoms with Gasteiger partial charge in [-0.3, -0.25) is 4.79 Å². The van der Waals surface area contributed by atoms with Crippen LogP contribution in [-0.4, -0.2) is 36.3 Å². The van der Waals surface area contributed by atoms with Gasteiger partial charge in [-0.1, -0.05) is 0 Å². The molecule has 1 heterocycles. The minimum atomic E-state index is -0.843. The second kappa shape index (κ2) is 7.19. The van der Waals surface area contributed by atoms with Gasteiger partial charge in [-0.15, -0.1) is 11.3 Å². The van der Waals surface area contributed by atoms with Gasteiger partial charge in [-0.25, -0.2) is 4.98 Å². The average molecular weight is 306 g/mol. The number of nitrogens with zero attached hydrogens (tertiary/aromatic N) is 1. The van der Waals surface area contributed by atoms with Gasteiger partial charge in [0.25, 0.3) is 0 Å². The number of nitrogens with one attached hydrogen (secondary N) is 1. The van der Waals surface area contributed by atoms with Gasteiger partial charge in [-0.2, -0.15) is 0 Å². The molecule has 0 aliphatic heterocycles. The lowest BCUT2D eigenvalue weighted by atomic mass is 10.1. The Morgan fingerprint density at radius 2 is 2.10 bits per heavy atom. The normalized spacial score (nSPS) is 10.6. The lowest BCUT2D eigenvalue weighted by Gasteiger charge is -2.02. The van der Waals surface area contributed by atoms with E-state index in [2.05, 4.69) is 10.3 Å². The van der Waals surface area contributed by atoms with Crippen LogP contribution >= 0.6 is 11.3 Å². The Morgan fingerprint density at radius 3 is 2.71 bits per heavy atom. The van der Waals surface area contributed by atoms with Crippen molar-refractivity contribution in [3.8, 4) is 17.0 Å². The maximum Gasteiger partial charge on any atom is 0.317 e. The summed E-state index contributed by atoms with van der Waals surface area (Å²) in [6, 6.07) is 7.82. The molecule has 0 unspecified atom stereocenters. The monoisotopic (exact) mass is 306 g/mol. The lowest BCUT2D eigenvalue weighted by molar-refractivity contribution is -0.135. The number of rotatable bonds is 7. The zero-order valence-electron chi connectivity index (χ0n) is 12.0. The molecule has 6 heteroatoms. The number of benzene rings is 1. The Bertz CT molecular complexity index is 608. The fraction of sp³-hybridized carbons (Fsp3) is 0.333. The van der Waals surface area contributed by atoms with E-state index >= 15 is 0 Å². The Morgan fingerprint density at radius 1 is 1.38 bits per heavy atom. The largest absolute Gasteiger partial charge is 0.497 e. The molecule has 0 bridgehead atoms. The summed E-state index contributed by atoms with van der Waals surface area (Å²) in [6.07, 6.45) is 0.731. The van der Waals surface area contributed by atoms with Gasteiger partial charge < -0.3 is 15.2 Å². The topological polar surface area (TPSA) is 71.5 Å². The summed E-state index contributed by atoms with van der Waals surface area (Å²) in [5, 5.41) is 12.4. The van der Waals surface area contributed by atoms with E-state index < -0.39 is 5.97 Å². The first kappa shape index (κ1) is 15.5. The predicted octanol–water partition coefficient (Wildman–Crippen LogP) is 2.34. The summed E-state index contributed by atoms with van der Waals surface area (Å²) < 4.78 is 5.15. The number of methoxy groups -OCH3 is 1. The number of hydrogen-bond acceptors (Lipinski definition) is 5. The summed E-state index contributed by atoms with van der Waals surface area (Å²) in [6.45, 7) is 2.64. The minimum Gasteiger partial charge on any atom is -0.497 e. The van der Waals surface area contributed by atoms with E-state index in [-0.39, 0.29) is 6.54 Å². The highest BCUT2D eigenvalue weighted by atomic mass is 32.1. The van der Waals surface area contributed by atoms with Crippen molar-refractivity contribution < 1.29 is 14.6 Å². The number of aromatic nitrogens is 1. The van der Waals surface area contributed by atoms with Crippen molar-refractivity contribution >= 4 is 17.3 Å². The molecule has 0 saturated carbocycles. The smallest absolute Gasteiger partial charge is 0.317 e. The second-order valence-electron chi connectivity index (χ2n) is 4.56. The van der Waals surface area contributed by atoms with E-state index in [0.29, 0.717) is 6.54 Å². The van der Waals surface area contributed by atoms with Crippen LogP contribution in [0, 0.1) is 6.92 Å². The van der Waals surface area contributed by atoms with Gasteiger partial charge in [0, 0.05) is 23.4 Å². The Kier molecular flexibility index (Phi) is 5.30. The third kappa shape index (κ3) is 4.27. The molecule has 0 atom stereocenters. The molecule has 0 aliphatic carbocycles. The fourth-order valence-electron chi connectivity index (χ4n) is 1.97. The van der Waals surface area contributed by atoms with Gasteiger partial charge in [0.1, 0.15) is 5.75 Å². The first-order valence-electron chi connectivity index (χ1n) is 6.63. The number of carboxylic acid groups (broad SMARTS) is 1. The molecule has 0 fully saturated rings. The highest BCUT2D eigenvalue weighted by Gasteiger charge is 2.10. The number of aliphatic carboxylic acids is 1. The van der Waals surface area contributed by atoms with Gasteiger partial charge in [0.05, 0.1) is 24.4 Å². The van der Waals surface area contributed by atoms with E-state index in [1.807, 2.05) is 31.2 Å². The maximum atomic E-state index is 10.4. The predicted molar refractivity (Wildman–Crippen MR) is 83.0 cm³/mol. The molecule has 5 nitrogen and oxygen atoms in total. The lowest BCUT2D eigenvalue weighted by Crippen LogP contribution is -2.24. The van der Waals surface area contributed by atoms with E-state index in [1.54, 1.807) is 18.4 Å². The molecule has 0 aliphatic rings. The van der Waals surface area contributed by atoms with Gasteiger partial charge >= 0.3 is 5.97 Å². The van der Waals surface area contributed by atoms with Crippen molar-refractivity contribution in [3.05, 3.63) is 34.2 Å². The summed E-state index contributed by atoms with van der Waals surface area (Å²) in [4.78, 5) is 16.2. The fourth-order valence-corrected chi connectivity index (χ4v) is 2.92. The van der Waals surface area contributed by atoms with Crippen LogP contribution in [0.2, 0.25) is 0 Å². The molecule has 0 amide bonds. The Labute approximate surface area is 127 Å². The van der Waals surface area contributed by atoms with Crippen molar-refractivity contribution in [2.45, 2.75) is 13.3 Å². The molecule has 0 spiro atoms. The third-order valence-corrected chi connectivity index (χ3v) is 4.03. The van der Waals surface area contributed by atoms with E-state index in [4.69, 9.17) is 9.84 Å². The van der Waals surface area contributed by atoms with Crippen LogP contribution in [0.1, 0.15) is 9.88 Å². The number of thiazole rings is 1. The second-order valence-corrected chi connectivity index (χ2v) is 5.85. The first-order valence-corrected chi connectivity index (χ1v) is 7.45. The summed E-state index contributed by atoms with van der Waals surface area (Å²) >= 11 is 1.65. The molecule has 2 aromatic rings. The highest BCUT2D eigenvalue weighted by molar-refractivity contribution is 7.12. The first-order chi connectivity index (χ1) is 10.1. The van der Waals surface area contributed by atoms with Crippen LogP contribution in [0.4, 0.5) is 0 Å². The van der Waals surface area contributed by atoms with Crippen LogP contribution in [0.25, 0.3) is 11.3 Å². The number of hydrogen-bond donors (Lipinski definition) is 2. The van der Waals surface area contributed by atoms with Crippen molar-refractivity contribution in [2.24, 2.45) is 0 Å². The molecule has 2 rings (SSSR count). The zero-order valence-corrected chi connectivity index (χ0v) is 12.9. The molecule has 0 saturated heterocycles. The number of carbonyl (C=O) groups is 1. The quantitative estimate of drug-likeness (QED) is 0.768. The van der Waals surface area contributed by atoms with Crippen molar-refractivity contribution in [1.29, 1.82) is 0 Å². The third-order valence-electron chi connectivity index (χ3n) is 3.00. The van der Waals surface area contributed by atoms with E-state index in [0.717, 1.165) is 33.3 Å². The number of carboxylic acids is 1. The maximum absolute atomic E-state index is 10.4. The number of ether oxygens (including phenoxy) is 1. The Balaban J connectivity index is 2.02. The van der Waals surface area contributed by atoms with E-state index in [1.165, 1.54) is 0 Å². The van der Waals surface area contributed by atoms with Crippen LogP contribution in [-0.2, 0) is 11.2 Å². The molecule has 2 N–H and O–H groups in total. The average Bonchev–Trinajstić information content (AvgIpc) is 2.84. The summed E-state index contributed by atoms with van der Waals surface area (Å²) in [5.74, 6) is -0.0195.